The topological polar surface area (TPSA) is 72.0 Å². The third-order valence-corrected chi connectivity index (χ3v) is 3.41. The highest BCUT2D eigenvalue weighted by Crippen LogP contribution is 2.36. The van der Waals surface area contributed by atoms with Gasteiger partial charge in [0, 0.05) is 17.3 Å². The largest absolute Gasteiger partial charge is 0.437 e. The van der Waals surface area contributed by atoms with Crippen LogP contribution in [0, 0.1) is 5.41 Å². The van der Waals surface area contributed by atoms with E-state index in [0.29, 0.717) is 11.3 Å². The van der Waals surface area contributed by atoms with Crippen molar-refractivity contribution in [1.29, 1.82) is 5.41 Å². The molecule has 0 spiro atoms. The van der Waals surface area contributed by atoms with Crippen LogP contribution in [0.2, 0.25) is 5.02 Å². The van der Waals surface area contributed by atoms with Crippen molar-refractivity contribution in [3.05, 3.63) is 52.7 Å². The molecule has 0 amide bonds. The summed E-state index contributed by atoms with van der Waals surface area (Å²) in [6, 6.07) is 9.34. The van der Waals surface area contributed by atoms with Gasteiger partial charge in [-0.1, -0.05) is 50.6 Å². The molecule has 0 unspecified atom stereocenters. The lowest BCUT2D eigenvalue weighted by molar-refractivity contribution is 0.440. The molecule has 0 aliphatic carbocycles. The van der Waals surface area contributed by atoms with E-state index in [0.717, 1.165) is 5.56 Å². The summed E-state index contributed by atoms with van der Waals surface area (Å²) >= 11 is 6.21. The standard InChI is InChI=1S/C16H18ClN3O/c1-16(2,3)11-6-4-5-7-12(11)21-15-13(17)10(14(18)19)8-9-20-15/h4-9H,1-3H3,(H3,18,19). The molecule has 5 heteroatoms. The van der Waals surface area contributed by atoms with Crippen LogP contribution in [0.4, 0.5) is 0 Å². The minimum absolute atomic E-state index is 0.0682. The highest BCUT2D eigenvalue weighted by molar-refractivity contribution is 6.35. The van der Waals surface area contributed by atoms with Crippen molar-refractivity contribution in [3.8, 4) is 11.6 Å². The maximum Gasteiger partial charge on any atom is 0.238 e. The number of nitrogens with zero attached hydrogens (tertiary/aromatic N) is 1. The maximum atomic E-state index is 7.50. The minimum atomic E-state index is -0.114. The lowest BCUT2D eigenvalue weighted by Crippen LogP contribution is -2.14. The van der Waals surface area contributed by atoms with Crippen molar-refractivity contribution < 1.29 is 4.74 Å². The van der Waals surface area contributed by atoms with Gasteiger partial charge in [-0.2, -0.15) is 0 Å². The van der Waals surface area contributed by atoms with Crippen LogP contribution in [-0.4, -0.2) is 10.8 Å². The van der Waals surface area contributed by atoms with Gasteiger partial charge in [-0.25, -0.2) is 4.98 Å². The number of nitrogen functional groups attached to an aromatic ring is 1. The lowest BCUT2D eigenvalue weighted by atomic mass is 9.86. The SMILES string of the molecule is CC(C)(C)c1ccccc1Oc1nccc(C(=N)N)c1Cl. The van der Waals surface area contributed by atoms with Gasteiger partial charge < -0.3 is 10.5 Å². The summed E-state index contributed by atoms with van der Waals surface area (Å²) < 4.78 is 5.86. The number of nitrogens with one attached hydrogen (secondary N) is 1. The Balaban J connectivity index is 2.45. The number of para-hydroxylation sites is 1. The molecule has 1 aromatic carbocycles. The van der Waals surface area contributed by atoms with Gasteiger partial charge in [0.1, 0.15) is 16.6 Å². The third kappa shape index (κ3) is 3.34. The van der Waals surface area contributed by atoms with E-state index in [1.54, 1.807) is 6.07 Å². The van der Waals surface area contributed by atoms with Crippen molar-refractivity contribution >= 4 is 17.4 Å². The molecule has 1 aromatic heterocycles. The second-order valence-electron chi connectivity index (χ2n) is 5.74. The fourth-order valence-corrected chi connectivity index (χ4v) is 2.24. The summed E-state index contributed by atoms with van der Waals surface area (Å²) in [4.78, 5) is 4.13. The Bertz CT molecular complexity index is 677. The first-order valence-corrected chi connectivity index (χ1v) is 6.95. The molecule has 4 nitrogen and oxygen atoms in total. The molecule has 0 bridgehead atoms. The Kier molecular flexibility index (Phi) is 4.19. The molecule has 0 atom stereocenters. The highest BCUT2D eigenvalue weighted by atomic mass is 35.5. The second kappa shape index (κ2) is 5.74. The van der Waals surface area contributed by atoms with E-state index in [4.69, 9.17) is 27.5 Å². The van der Waals surface area contributed by atoms with Crippen molar-refractivity contribution in [2.24, 2.45) is 5.73 Å². The van der Waals surface area contributed by atoms with Gasteiger partial charge in [0.2, 0.25) is 5.88 Å². The number of ether oxygens (including phenoxy) is 1. The predicted molar refractivity (Wildman–Crippen MR) is 85.5 cm³/mol. The molecule has 0 aliphatic heterocycles. The summed E-state index contributed by atoms with van der Waals surface area (Å²) in [5.74, 6) is 0.831. The lowest BCUT2D eigenvalue weighted by Gasteiger charge is -2.22. The number of nitrogens with two attached hydrogens (primary N) is 1. The van der Waals surface area contributed by atoms with Crippen molar-refractivity contribution in [2.45, 2.75) is 26.2 Å². The van der Waals surface area contributed by atoms with E-state index in [1.165, 1.54) is 6.20 Å². The molecule has 2 rings (SSSR count). The fraction of sp³-hybridized carbons (Fsp3) is 0.250. The zero-order valence-corrected chi connectivity index (χ0v) is 13.0. The van der Waals surface area contributed by atoms with Crippen LogP contribution in [0.1, 0.15) is 31.9 Å². The van der Waals surface area contributed by atoms with E-state index in [2.05, 4.69) is 25.8 Å². The number of aromatic nitrogens is 1. The average Bonchev–Trinajstić information content (AvgIpc) is 2.40. The van der Waals surface area contributed by atoms with Crippen LogP contribution in [0.15, 0.2) is 36.5 Å². The maximum absolute atomic E-state index is 7.50. The van der Waals surface area contributed by atoms with Gasteiger partial charge in [0.05, 0.1) is 0 Å². The van der Waals surface area contributed by atoms with E-state index in [1.807, 2.05) is 24.3 Å². The summed E-state index contributed by atoms with van der Waals surface area (Å²) in [6.45, 7) is 6.32. The Morgan fingerprint density at radius 1 is 1.24 bits per heavy atom. The highest BCUT2D eigenvalue weighted by Gasteiger charge is 2.20. The van der Waals surface area contributed by atoms with Gasteiger partial charge in [-0.05, 0) is 17.5 Å². The number of halogens is 1. The van der Waals surface area contributed by atoms with Gasteiger partial charge in [-0.3, -0.25) is 5.41 Å². The molecule has 2 aromatic rings. The first-order valence-electron chi connectivity index (χ1n) is 6.57. The van der Waals surface area contributed by atoms with Crippen LogP contribution in [0.25, 0.3) is 0 Å². The van der Waals surface area contributed by atoms with Crippen LogP contribution < -0.4 is 10.5 Å². The molecule has 3 N–H and O–H groups in total. The summed E-state index contributed by atoms with van der Waals surface area (Å²) in [5, 5.41) is 7.75. The van der Waals surface area contributed by atoms with Gasteiger partial charge in [-0.15, -0.1) is 0 Å². The minimum Gasteiger partial charge on any atom is -0.437 e. The van der Waals surface area contributed by atoms with Crippen molar-refractivity contribution in [1.82, 2.24) is 4.98 Å². The Morgan fingerprint density at radius 2 is 1.90 bits per heavy atom. The van der Waals surface area contributed by atoms with E-state index in [9.17, 15) is 0 Å². The zero-order valence-electron chi connectivity index (χ0n) is 12.3. The second-order valence-corrected chi connectivity index (χ2v) is 6.12. The zero-order chi connectivity index (χ0) is 15.6. The molecule has 0 aliphatic rings. The van der Waals surface area contributed by atoms with Crippen molar-refractivity contribution in [2.75, 3.05) is 0 Å². The fourth-order valence-electron chi connectivity index (χ4n) is 1.98. The molecule has 21 heavy (non-hydrogen) atoms. The number of hydrogen-bond acceptors (Lipinski definition) is 3. The number of pyridine rings is 1. The molecule has 1 heterocycles. The van der Waals surface area contributed by atoms with Crippen LogP contribution in [-0.2, 0) is 5.41 Å². The first-order chi connectivity index (χ1) is 9.80. The van der Waals surface area contributed by atoms with Gasteiger partial charge in [0.15, 0.2) is 0 Å². The quantitative estimate of drug-likeness (QED) is 0.662. The van der Waals surface area contributed by atoms with Gasteiger partial charge in [0.25, 0.3) is 0 Å². The summed E-state index contributed by atoms with van der Waals surface area (Å²) in [6.07, 6.45) is 1.53. The van der Waals surface area contributed by atoms with Gasteiger partial charge >= 0.3 is 0 Å². The molecule has 0 fully saturated rings. The molecule has 0 saturated heterocycles. The molecule has 0 saturated carbocycles. The molecule has 0 radical (unpaired) electrons. The van der Waals surface area contributed by atoms with E-state index < -0.39 is 0 Å². The number of amidine groups is 1. The monoisotopic (exact) mass is 303 g/mol. The Hall–Kier alpha value is -2.07. The number of rotatable bonds is 3. The number of benzene rings is 1. The average molecular weight is 304 g/mol. The Morgan fingerprint density at radius 3 is 2.52 bits per heavy atom. The van der Waals surface area contributed by atoms with Crippen LogP contribution >= 0.6 is 11.6 Å². The number of hydrogen-bond donors (Lipinski definition) is 2. The van der Waals surface area contributed by atoms with Crippen molar-refractivity contribution in [3.63, 3.8) is 0 Å². The normalized spacial score (nSPS) is 11.2. The summed E-state index contributed by atoms with van der Waals surface area (Å²) in [7, 11) is 0. The van der Waals surface area contributed by atoms with Crippen LogP contribution in [0.3, 0.4) is 0 Å². The van der Waals surface area contributed by atoms with Crippen LogP contribution in [0.5, 0.6) is 11.6 Å². The first kappa shape index (κ1) is 15.3. The smallest absolute Gasteiger partial charge is 0.238 e. The molecular weight excluding hydrogens is 286 g/mol. The summed E-state index contributed by atoms with van der Waals surface area (Å²) in [5.41, 5.74) is 6.89. The van der Waals surface area contributed by atoms with E-state index >= 15 is 0 Å². The van der Waals surface area contributed by atoms with E-state index in [-0.39, 0.29) is 22.2 Å². The third-order valence-electron chi connectivity index (χ3n) is 3.05. The Labute approximate surface area is 129 Å². The molecule has 110 valence electrons. The molecular formula is C16H18ClN3O. The predicted octanol–water partition coefficient (Wildman–Crippen LogP) is 4.11.